The van der Waals surface area contributed by atoms with E-state index in [4.69, 9.17) is 13.9 Å². The van der Waals surface area contributed by atoms with Crippen LogP contribution in [-0.2, 0) is 9.53 Å². The summed E-state index contributed by atoms with van der Waals surface area (Å²) in [4.78, 5) is 22.9. The van der Waals surface area contributed by atoms with E-state index >= 15 is 0 Å². The van der Waals surface area contributed by atoms with Gasteiger partial charge in [0, 0.05) is 30.7 Å². The molecule has 0 aliphatic carbocycles. The lowest BCUT2D eigenvalue weighted by Gasteiger charge is -2.11. The van der Waals surface area contributed by atoms with Crippen molar-refractivity contribution in [3.05, 3.63) is 40.8 Å². The largest absolute Gasteiger partial charge is 0.484 e. The van der Waals surface area contributed by atoms with Gasteiger partial charge < -0.3 is 19.2 Å². The van der Waals surface area contributed by atoms with Crippen LogP contribution in [0.2, 0.25) is 0 Å². The molecule has 6 nitrogen and oxygen atoms in total. The maximum atomic E-state index is 11.7. The zero-order valence-electron chi connectivity index (χ0n) is 12.0. The Morgan fingerprint density at radius 2 is 2.18 bits per heavy atom. The van der Waals surface area contributed by atoms with E-state index in [0.29, 0.717) is 17.9 Å². The number of rotatable bonds is 5. The Bertz CT molecular complexity index is 718. The third-order valence-corrected chi connectivity index (χ3v) is 3.52. The van der Waals surface area contributed by atoms with E-state index in [0.717, 1.165) is 24.8 Å². The number of amides is 1. The second-order valence-corrected chi connectivity index (χ2v) is 5.18. The summed E-state index contributed by atoms with van der Waals surface area (Å²) in [5, 5.41) is 3.58. The number of ether oxygens (including phenoxy) is 2. The van der Waals surface area contributed by atoms with E-state index in [1.807, 2.05) is 0 Å². The second kappa shape index (κ2) is 6.62. The number of carbonyl (C=O) groups is 1. The minimum atomic E-state index is -0.418. The highest BCUT2D eigenvalue weighted by Crippen LogP contribution is 2.19. The predicted molar refractivity (Wildman–Crippen MR) is 80.0 cm³/mol. The molecule has 3 rings (SSSR count). The highest BCUT2D eigenvalue weighted by Gasteiger charge is 2.16. The molecule has 1 fully saturated rings. The lowest BCUT2D eigenvalue weighted by atomic mass is 10.2. The van der Waals surface area contributed by atoms with Gasteiger partial charge in [-0.1, -0.05) is 0 Å². The van der Waals surface area contributed by atoms with Crippen molar-refractivity contribution in [1.82, 2.24) is 5.32 Å². The smallest absolute Gasteiger partial charge is 0.336 e. The Kier molecular flexibility index (Phi) is 4.39. The van der Waals surface area contributed by atoms with Crippen molar-refractivity contribution >= 4 is 16.9 Å². The summed E-state index contributed by atoms with van der Waals surface area (Å²) in [5.41, 5.74) is 0.0173. The van der Waals surface area contributed by atoms with Gasteiger partial charge in [0.2, 0.25) is 0 Å². The van der Waals surface area contributed by atoms with Crippen LogP contribution >= 0.6 is 0 Å². The highest BCUT2D eigenvalue weighted by molar-refractivity contribution is 5.79. The number of carbonyl (C=O) groups excluding carboxylic acids is 1. The molecule has 6 heteroatoms. The van der Waals surface area contributed by atoms with Crippen LogP contribution in [0, 0.1) is 0 Å². The molecule has 2 aromatic rings. The lowest BCUT2D eigenvalue weighted by Crippen LogP contribution is -2.35. The molecule has 22 heavy (non-hydrogen) atoms. The normalized spacial score (nSPS) is 17.5. The predicted octanol–water partition coefficient (Wildman–Crippen LogP) is 1.47. The van der Waals surface area contributed by atoms with Gasteiger partial charge in [-0.05, 0) is 31.0 Å². The minimum Gasteiger partial charge on any atom is -0.484 e. The van der Waals surface area contributed by atoms with Gasteiger partial charge in [0.05, 0.1) is 6.10 Å². The van der Waals surface area contributed by atoms with E-state index in [9.17, 15) is 9.59 Å². The number of nitrogens with one attached hydrogen (secondary N) is 1. The molecule has 1 aromatic heterocycles. The molecule has 1 amide bonds. The zero-order chi connectivity index (χ0) is 15.4. The van der Waals surface area contributed by atoms with Crippen LogP contribution in [-0.4, -0.2) is 31.8 Å². The van der Waals surface area contributed by atoms with E-state index in [2.05, 4.69) is 5.32 Å². The summed E-state index contributed by atoms with van der Waals surface area (Å²) in [5.74, 6) is 0.277. The monoisotopic (exact) mass is 303 g/mol. The van der Waals surface area contributed by atoms with Gasteiger partial charge >= 0.3 is 5.63 Å². The van der Waals surface area contributed by atoms with Gasteiger partial charge in [-0.25, -0.2) is 4.79 Å². The molecule has 0 radical (unpaired) electrons. The Labute approximate surface area is 127 Å². The number of hydrogen-bond donors (Lipinski definition) is 1. The number of benzene rings is 1. The van der Waals surface area contributed by atoms with Crippen molar-refractivity contribution in [2.45, 2.75) is 18.9 Å². The first-order valence-electron chi connectivity index (χ1n) is 7.26. The van der Waals surface area contributed by atoms with Crippen LogP contribution in [0.3, 0.4) is 0 Å². The van der Waals surface area contributed by atoms with Gasteiger partial charge in [-0.3, -0.25) is 4.79 Å². The first-order valence-corrected chi connectivity index (χ1v) is 7.26. The quantitative estimate of drug-likeness (QED) is 0.846. The maximum absolute atomic E-state index is 11.7. The molecule has 0 saturated carbocycles. The molecule has 1 saturated heterocycles. The van der Waals surface area contributed by atoms with Crippen molar-refractivity contribution in [2.24, 2.45) is 0 Å². The fourth-order valence-corrected chi connectivity index (χ4v) is 2.36. The third kappa shape index (κ3) is 3.65. The molecule has 1 N–H and O–H groups in total. The van der Waals surface area contributed by atoms with Gasteiger partial charge in [0.15, 0.2) is 6.61 Å². The Balaban J connectivity index is 1.54. The SMILES string of the molecule is O=C(COc1ccc2ccc(=O)oc2c1)NC[C@@H]1CCCO1. The average molecular weight is 303 g/mol. The molecular weight excluding hydrogens is 286 g/mol. The third-order valence-electron chi connectivity index (χ3n) is 3.52. The topological polar surface area (TPSA) is 77.8 Å². The van der Waals surface area contributed by atoms with Crippen LogP contribution in [0.25, 0.3) is 11.0 Å². The van der Waals surface area contributed by atoms with Crippen LogP contribution in [0.4, 0.5) is 0 Å². The second-order valence-electron chi connectivity index (χ2n) is 5.18. The summed E-state index contributed by atoms with van der Waals surface area (Å²) in [6, 6.07) is 8.15. The molecule has 1 aliphatic heterocycles. The van der Waals surface area contributed by atoms with Gasteiger partial charge in [0.1, 0.15) is 11.3 Å². The molecule has 1 atom stereocenters. The van der Waals surface area contributed by atoms with Crippen LogP contribution in [0.15, 0.2) is 39.5 Å². The molecule has 0 bridgehead atoms. The number of hydrogen-bond acceptors (Lipinski definition) is 5. The Hall–Kier alpha value is -2.34. The molecular formula is C16H17NO5. The van der Waals surface area contributed by atoms with E-state index in [1.165, 1.54) is 6.07 Å². The molecule has 0 spiro atoms. The first-order chi connectivity index (χ1) is 10.7. The standard InChI is InChI=1S/C16H17NO5/c18-15(17-9-13-2-1-7-20-13)10-21-12-5-3-11-4-6-16(19)22-14(11)8-12/h3-6,8,13H,1-2,7,9-10H2,(H,17,18)/t13-/m0/s1. The fourth-order valence-electron chi connectivity index (χ4n) is 2.36. The van der Waals surface area contributed by atoms with E-state index < -0.39 is 5.63 Å². The van der Waals surface area contributed by atoms with Crippen molar-refractivity contribution in [2.75, 3.05) is 19.8 Å². The molecule has 1 aliphatic rings. The van der Waals surface area contributed by atoms with Crippen molar-refractivity contribution in [3.8, 4) is 5.75 Å². The molecule has 1 aromatic carbocycles. The van der Waals surface area contributed by atoms with Crippen molar-refractivity contribution < 1.29 is 18.7 Å². The van der Waals surface area contributed by atoms with Crippen molar-refractivity contribution in [1.29, 1.82) is 0 Å². The number of fused-ring (bicyclic) bond motifs is 1. The summed E-state index contributed by atoms with van der Waals surface area (Å²) < 4.78 is 15.9. The van der Waals surface area contributed by atoms with Gasteiger partial charge in [-0.15, -0.1) is 0 Å². The lowest BCUT2D eigenvalue weighted by molar-refractivity contribution is -0.123. The zero-order valence-corrected chi connectivity index (χ0v) is 12.0. The molecule has 116 valence electrons. The summed E-state index contributed by atoms with van der Waals surface area (Å²) in [6.07, 6.45) is 2.13. The fraction of sp³-hybridized carbons (Fsp3) is 0.375. The Morgan fingerprint density at radius 3 is 3.00 bits per heavy atom. The van der Waals surface area contributed by atoms with Crippen molar-refractivity contribution in [3.63, 3.8) is 0 Å². The summed E-state index contributed by atoms with van der Waals surface area (Å²) in [6.45, 7) is 1.18. The maximum Gasteiger partial charge on any atom is 0.336 e. The molecule has 2 heterocycles. The first kappa shape index (κ1) is 14.6. The highest BCUT2D eigenvalue weighted by atomic mass is 16.5. The van der Waals surface area contributed by atoms with Gasteiger partial charge in [-0.2, -0.15) is 0 Å². The van der Waals surface area contributed by atoms with Crippen LogP contribution in [0.5, 0.6) is 5.75 Å². The summed E-state index contributed by atoms with van der Waals surface area (Å²) in [7, 11) is 0. The van der Waals surface area contributed by atoms with Crippen LogP contribution < -0.4 is 15.7 Å². The van der Waals surface area contributed by atoms with E-state index in [1.54, 1.807) is 24.3 Å². The average Bonchev–Trinajstić information content (AvgIpc) is 3.04. The van der Waals surface area contributed by atoms with Crippen LogP contribution in [0.1, 0.15) is 12.8 Å². The van der Waals surface area contributed by atoms with Gasteiger partial charge in [0.25, 0.3) is 5.91 Å². The summed E-state index contributed by atoms with van der Waals surface area (Å²) >= 11 is 0. The minimum absolute atomic E-state index is 0.0880. The molecule has 0 unspecified atom stereocenters. The van der Waals surface area contributed by atoms with E-state index in [-0.39, 0.29) is 18.6 Å². The Morgan fingerprint density at radius 1 is 1.32 bits per heavy atom.